The Balaban J connectivity index is 1.63. The van der Waals surface area contributed by atoms with Crippen molar-refractivity contribution < 1.29 is 21.6 Å². The molecular weight excluding hydrogens is 417 g/mol. The molecule has 3 aromatic rings. The molecule has 3 rings (SSSR count). The van der Waals surface area contributed by atoms with Crippen LogP contribution >= 0.6 is 0 Å². The molecular formula is C20H21F3N4O2S. The summed E-state index contributed by atoms with van der Waals surface area (Å²) >= 11 is 0. The summed E-state index contributed by atoms with van der Waals surface area (Å²) in [5.74, 6) is 0.281. The lowest BCUT2D eigenvalue weighted by Crippen LogP contribution is -2.27. The van der Waals surface area contributed by atoms with Crippen LogP contribution in [0.4, 0.5) is 13.2 Å². The number of halogens is 3. The average Bonchev–Trinajstić information content (AvgIpc) is 2.96. The second-order valence-corrected chi connectivity index (χ2v) is 8.65. The Hall–Kier alpha value is -2.72. The molecule has 0 spiro atoms. The summed E-state index contributed by atoms with van der Waals surface area (Å²) in [7, 11) is -3.69. The van der Waals surface area contributed by atoms with Gasteiger partial charge in [-0.25, -0.2) is 22.8 Å². The molecule has 1 N–H and O–H groups in total. The number of benzene rings is 1. The standard InChI is InChI=1S/C20H21F3N4O2S/c1-14-18(15(2)27(26-14)19-5-3-4-11-24-19)10-12-25-30(28,29)13-16-6-8-17(9-7-16)20(21,22)23/h3-9,11,25H,10,12-13H2,1-2H3. The number of sulfonamides is 1. The van der Waals surface area contributed by atoms with Crippen molar-refractivity contribution in [3.63, 3.8) is 0 Å². The Morgan fingerprint density at radius 2 is 1.77 bits per heavy atom. The molecule has 160 valence electrons. The lowest BCUT2D eigenvalue weighted by molar-refractivity contribution is -0.137. The molecule has 10 heteroatoms. The number of pyridine rings is 1. The third-order valence-corrected chi connectivity index (χ3v) is 6.00. The maximum atomic E-state index is 12.6. The number of aromatic nitrogens is 3. The SMILES string of the molecule is Cc1nn(-c2ccccn2)c(C)c1CCNS(=O)(=O)Cc1ccc(C(F)(F)F)cc1. The molecule has 0 saturated heterocycles. The molecule has 2 aromatic heterocycles. The highest BCUT2D eigenvalue weighted by Crippen LogP contribution is 2.29. The minimum absolute atomic E-state index is 0.151. The van der Waals surface area contributed by atoms with E-state index in [0.29, 0.717) is 12.2 Å². The predicted molar refractivity (Wildman–Crippen MR) is 107 cm³/mol. The summed E-state index contributed by atoms with van der Waals surface area (Å²) < 4.78 is 66.7. The summed E-state index contributed by atoms with van der Waals surface area (Å²) in [6.07, 6.45) is -2.36. The number of hydrogen-bond acceptors (Lipinski definition) is 4. The van der Waals surface area contributed by atoms with Crippen molar-refractivity contribution in [2.45, 2.75) is 32.2 Å². The molecule has 0 aliphatic carbocycles. The van der Waals surface area contributed by atoms with Gasteiger partial charge in [-0.1, -0.05) is 18.2 Å². The van der Waals surface area contributed by atoms with E-state index in [0.717, 1.165) is 29.1 Å². The van der Waals surface area contributed by atoms with Gasteiger partial charge in [-0.05, 0) is 55.7 Å². The van der Waals surface area contributed by atoms with Crippen molar-refractivity contribution in [3.8, 4) is 5.82 Å². The van der Waals surface area contributed by atoms with Gasteiger partial charge >= 0.3 is 6.18 Å². The average molecular weight is 438 g/mol. The third kappa shape index (κ3) is 5.25. The van der Waals surface area contributed by atoms with Gasteiger partial charge in [0, 0.05) is 18.4 Å². The second-order valence-electron chi connectivity index (χ2n) is 6.85. The quantitative estimate of drug-likeness (QED) is 0.612. The van der Waals surface area contributed by atoms with E-state index in [1.807, 2.05) is 32.0 Å². The van der Waals surface area contributed by atoms with Crippen LogP contribution in [0.5, 0.6) is 0 Å². The zero-order valence-corrected chi connectivity index (χ0v) is 17.3. The Morgan fingerprint density at radius 1 is 1.07 bits per heavy atom. The molecule has 30 heavy (non-hydrogen) atoms. The summed E-state index contributed by atoms with van der Waals surface area (Å²) in [6, 6.07) is 9.60. The number of alkyl halides is 3. The van der Waals surface area contributed by atoms with Gasteiger partial charge in [0.2, 0.25) is 10.0 Å². The van der Waals surface area contributed by atoms with Crippen LogP contribution < -0.4 is 4.72 Å². The fourth-order valence-corrected chi connectivity index (χ4v) is 4.28. The van der Waals surface area contributed by atoms with Gasteiger partial charge in [0.15, 0.2) is 5.82 Å². The van der Waals surface area contributed by atoms with Crippen LogP contribution in [0.2, 0.25) is 0 Å². The lowest BCUT2D eigenvalue weighted by atomic mass is 10.1. The molecule has 0 aliphatic rings. The van der Waals surface area contributed by atoms with Crippen LogP contribution in [0.15, 0.2) is 48.7 Å². The fourth-order valence-electron chi connectivity index (χ4n) is 3.13. The molecule has 0 atom stereocenters. The third-order valence-electron chi connectivity index (χ3n) is 4.64. The van der Waals surface area contributed by atoms with Crippen LogP contribution in [0.25, 0.3) is 5.82 Å². The largest absolute Gasteiger partial charge is 0.416 e. The Bertz CT molecular complexity index is 1110. The number of rotatable bonds is 7. The molecule has 0 radical (unpaired) electrons. The molecule has 0 fully saturated rings. The molecule has 0 bridgehead atoms. The maximum Gasteiger partial charge on any atom is 0.416 e. The van der Waals surface area contributed by atoms with Crippen molar-refractivity contribution in [3.05, 3.63) is 76.7 Å². The number of nitrogens with zero attached hydrogens (tertiary/aromatic N) is 3. The van der Waals surface area contributed by atoms with Gasteiger partial charge in [0.05, 0.1) is 17.0 Å². The monoisotopic (exact) mass is 438 g/mol. The van der Waals surface area contributed by atoms with Crippen molar-refractivity contribution in [1.29, 1.82) is 0 Å². The maximum absolute atomic E-state index is 12.6. The molecule has 1 aromatic carbocycles. The van der Waals surface area contributed by atoms with Gasteiger partial charge in [-0.2, -0.15) is 18.3 Å². The Kier molecular flexibility index (Phi) is 6.27. The van der Waals surface area contributed by atoms with Crippen molar-refractivity contribution in [1.82, 2.24) is 19.5 Å². The first-order chi connectivity index (χ1) is 14.1. The van der Waals surface area contributed by atoms with Crippen molar-refractivity contribution in [2.24, 2.45) is 0 Å². The zero-order chi connectivity index (χ0) is 21.9. The molecule has 0 aliphatic heterocycles. The molecule has 0 saturated carbocycles. The zero-order valence-electron chi connectivity index (χ0n) is 16.4. The first-order valence-corrected chi connectivity index (χ1v) is 10.8. The Morgan fingerprint density at radius 3 is 2.37 bits per heavy atom. The van der Waals surface area contributed by atoms with E-state index in [9.17, 15) is 21.6 Å². The molecule has 0 amide bonds. The van der Waals surface area contributed by atoms with Crippen LogP contribution in [-0.2, 0) is 28.4 Å². The van der Waals surface area contributed by atoms with E-state index in [4.69, 9.17) is 0 Å². The van der Waals surface area contributed by atoms with E-state index in [2.05, 4.69) is 14.8 Å². The number of nitrogens with one attached hydrogen (secondary N) is 1. The molecule has 0 unspecified atom stereocenters. The fraction of sp³-hybridized carbons (Fsp3) is 0.300. The summed E-state index contributed by atoms with van der Waals surface area (Å²) in [6.45, 7) is 3.89. The van der Waals surface area contributed by atoms with Crippen LogP contribution in [0, 0.1) is 13.8 Å². The minimum Gasteiger partial charge on any atom is -0.237 e. The number of aryl methyl sites for hydroxylation is 1. The van der Waals surface area contributed by atoms with Gasteiger partial charge in [-0.15, -0.1) is 0 Å². The van der Waals surface area contributed by atoms with Crippen LogP contribution in [0.3, 0.4) is 0 Å². The van der Waals surface area contributed by atoms with E-state index in [-0.39, 0.29) is 12.1 Å². The first kappa shape index (κ1) is 22.0. The highest BCUT2D eigenvalue weighted by atomic mass is 32.2. The van der Waals surface area contributed by atoms with E-state index < -0.39 is 27.5 Å². The van der Waals surface area contributed by atoms with Crippen LogP contribution in [-0.4, -0.2) is 29.7 Å². The van der Waals surface area contributed by atoms with Crippen molar-refractivity contribution >= 4 is 10.0 Å². The lowest BCUT2D eigenvalue weighted by Gasteiger charge is -2.09. The Labute approximate surface area is 172 Å². The summed E-state index contributed by atoms with van der Waals surface area (Å²) in [5, 5.41) is 4.48. The first-order valence-electron chi connectivity index (χ1n) is 9.17. The van der Waals surface area contributed by atoms with E-state index >= 15 is 0 Å². The highest BCUT2D eigenvalue weighted by molar-refractivity contribution is 7.88. The van der Waals surface area contributed by atoms with E-state index in [1.54, 1.807) is 10.9 Å². The molecule has 2 heterocycles. The van der Waals surface area contributed by atoms with Crippen LogP contribution in [0.1, 0.15) is 28.1 Å². The summed E-state index contributed by atoms with van der Waals surface area (Å²) in [4.78, 5) is 4.27. The van der Waals surface area contributed by atoms with Gasteiger partial charge < -0.3 is 0 Å². The van der Waals surface area contributed by atoms with Gasteiger partial charge in [0.25, 0.3) is 0 Å². The highest BCUT2D eigenvalue weighted by Gasteiger charge is 2.30. The second kappa shape index (κ2) is 8.57. The minimum atomic E-state index is -4.45. The smallest absolute Gasteiger partial charge is 0.237 e. The van der Waals surface area contributed by atoms with Crippen molar-refractivity contribution in [2.75, 3.05) is 6.54 Å². The summed E-state index contributed by atoms with van der Waals surface area (Å²) in [5.41, 5.74) is 2.03. The van der Waals surface area contributed by atoms with Gasteiger partial charge in [0.1, 0.15) is 0 Å². The molecule has 6 nitrogen and oxygen atoms in total. The number of hydrogen-bond donors (Lipinski definition) is 1. The normalized spacial score (nSPS) is 12.3. The topological polar surface area (TPSA) is 76.9 Å². The predicted octanol–water partition coefficient (Wildman–Crippen LogP) is 3.57. The van der Waals surface area contributed by atoms with E-state index in [1.165, 1.54) is 12.1 Å². The van der Waals surface area contributed by atoms with Gasteiger partial charge in [-0.3, -0.25) is 0 Å².